The topological polar surface area (TPSA) is 74.5 Å². The van der Waals surface area contributed by atoms with E-state index in [2.05, 4.69) is 42.7 Å². The minimum atomic E-state index is -0.721. The average molecular weight is 330 g/mol. The summed E-state index contributed by atoms with van der Waals surface area (Å²) in [7, 11) is 0. The van der Waals surface area contributed by atoms with Crippen molar-refractivity contribution >= 4 is 6.03 Å². The predicted molar refractivity (Wildman–Crippen MR) is 93.9 cm³/mol. The maximum absolute atomic E-state index is 12.0. The highest BCUT2D eigenvalue weighted by atomic mass is 16.4. The van der Waals surface area contributed by atoms with Crippen molar-refractivity contribution in [3.05, 3.63) is 59.5 Å². The Balaban J connectivity index is 1.74. The van der Waals surface area contributed by atoms with Crippen LogP contribution < -0.4 is 10.6 Å². The molecular weight excluding hydrogens is 304 g/mol. The molecule has 0 saturated heterocycles. The molecular formula is C19H26N2O3. The number of aliphatic hydroxyl groups is 1. The molecule has 1 aromatic carbocycles. The molecule has 0 aliphatic rings. The van der Waals surface area contributed by atoms with Crippen molar-refractivity contribution in [1.29, 1.82) is 0 Å². The summed E-state index contributed by atoms with van der Waals surface area (Å²) >= 11 is 0. The van der Waals surface area contributed by atoms with E-state index in [1.165, 1.54) is 17.4 Å². The molecule has 0 bridgehead atoms. The fraction of sp³-hybridized carbons (Fsp3) is 0.421. The zero-order valence-corrected chi connectivity index (χ0v) is 14.5. The van der Waals surface area contributed by atoms with Crippen molar-refractivity contribution in [3.63, 3.8) is 0 Å². The molecule has 2 amide bonds. The van der Waals surface area contributed by atoms with Crippen LogP contribution in [-0.2, 0) is 0 Å². The van der Waals surface area contributed by atoms with Gasteiger partial charge in [-0.05, 0) is 37.5 Å². The second kappa shape index (κ2) is 8.55. The lowest BCUT2D eigenvalue weighted by Gasteiger charge is -2.19. The quantitative estimate of drug-likeness (QED) is 0.727. The normalized spacial score (nSPS) is 14.7. The van der Waals surface area contributed by atoms with E-state index in [1.807, 2.05) is 13.0 Å². The minimum absolute atomic E-state index is 0.167. The molecule has 5 nitrogen and oxygen atoms in total. The SMILES string of the molecule is Cc1cccc(C(C)CNC(=O)NC(C)CC(O)c2ccco2)c1. The molecule has 1 heterocycles. The van der Waals surface area contributed by atoms with E-state index in [0.717, 1.165) is 0 Å². The van der Waals surface area contributed by atoms with Crippen LogP contribution in [0.3, 0.4) is 0 Å². The van der Waals surface area contributed by atoms with Gasteiger partial charge in [-0.3, -0.25) is 0 Å². The molecule has 3 N–H and O–H groups in total. The highest BCUT2D eigenvalue weighted by Gasteiger charge is 2.16. The highest BCUT2D eigenvalue weighted by Crippen LogP contribution is 2.18. The van der Waals surface area contributed by atoms with E-state index in [4.69, 9.17) is 4.42 Å². The molecule has 0 aliphatic heterocycles. The lowest BCUT2D eigenvalue weighted by Crippen LogP contribution is -2.42. The van der Waals surface area contributed by atoms with E-state index in [0.29, 0.717) is 18.7 Å². The molecule has 0 radical (unpaired) electrons. The average Bonchev–Trinajstić information content (AvgIpc) is 3.07. The number of nitrogens with one attached hydrogen (secondary N) is 2. The van der Waals surface area contributed by atoms with Crippen LogP contribution >= 0.6 is 0 Å². The van der Waals surface area contributed by atoms with Gasteiger partial charge in [0.25, 0.3) is 0 Å². The van der Waals surface area contributed by atoms with Crippen LogP contribution in [0.25, 0.3) is 0 Å². The Morgan fingerprint density at radius 1 is 1.25 bits per heavy atom. The smallest absolute Gasteiger partial charge is 0.315 e. The summed E-state index contributed by atoms with van der Waals surface area (Å²) < 4.78 is 5.16. The number of carbonyl (C=O) groups excluding carboxylic acids is 1. The van der Waals surface area contributed by atoms with Gasteiger partial charge in [-0.2, -0.15) is 0 Å². The first-order valence-electron chi connectivity index (χ1n) is 8.28. The molecule has 1 aromatic heterocycles. The van der Waals surface area contributed by atoms with Crippen LogP contribution in [0.4, 0.5) is 4.79 Å². The summed E-state index contributed by atoms with van der Waals surface area (Å²) in [6, 6.07) is 11.3. The van der Waals surface area contributed by atoms with Crippen molar-refractivity contribution < 1.29 is 14.3 Å². The first-order valence-corrected chi connectivity index (χ1v) is 8.28. The van der Waals surface area contributed by atoms with Crippen LogP contribution in [-0.4, -0.2) is 23.7 Å². The molecule has 0 spiro atoms. The third-order valence-corrected chi connectivity index (χ3v) is 4.01. The van der Waals surface area contributed by atoms with Crippen molar-refractivity contribution in [2.75, 3.05) is 6.54 Å². The Morgan fingerprint density at radius 2 is 2.04 bits per heavy atom. The maximum atomic E-state index is 12.0. The van der Waals surface area contributed by atoms with E-state index in [-0.39, 0.29) is 18.0 Å². The largest absolute Gasteiger partial charge is 0.467 e. The summed E-state index contributed by atoms with van der Waals surface area (Å²) in [5.74, 6) is 0.747. The summed E-state index contributed by atoms with van der Waals surface area (Å²) in [6.45, 7) is 6.56. The van der Waals surface area contributed by atoms with E-state index in [9.17, 15) is 9.90 Å². The van der Waals surface area contributed by atoms with Crippen LogP contribution in [0, 0.1) is 6.92 Å². The molecule has 2 rings (SSSR count). The molecule has 2 aromatic rings. The minimum Gasteiger partial charge on any atom is -0.467 e. The molecule has 130 valence electrons. The number of hydrogen-bond donors (Lipinski definition) is 3. The second-order valence-electron chi connectivity index (χ2n) is 6.34. The molecule has 0 aliphatic carbocycles. The van der Waals surface area contributed by atoms with Gasteiger partial charge in [-0.25, -0.2) is 4.79 Å². The van der Waals surface area contributed by atoms with Crippen molar-refractivity contribution in [2.24, 2.45) is 0 Å². The van der Waals surface area contributed by atoms with Crippen LogP contribution in [0.15, 0.2) is 47.1 Å². The summed E-state index contributed by atoms with van der Waals surface area (Å²) in [4.78, 5) is 12.0. The molecule has 3 atom stereocenters. The van der Waals surface area contributed by atoms with Gasteiger partial charge in [0.1, 0.15) is 11.9 Å². The van der Waals surface area contributed by atoms with Gasteiger partial charge in [0.05, 0.1) is 6.26 Å². The lowest BCUT2D eigenvalue weighted by molar-refractivity contribution is 0.129. The Morgan fingerprint density at radius 3 is 2.71 bits per heavy atom. The van der Waals surface area contributed by atoms with Crippen molar-refractivity contribution in [3.8, 4) is 0 Å². The summed E-state index contributed by atoms with van der Waals surface area (Å²) in [5, 5.41) is 15.7. The second-order valence-corrected chi connectivity index (χ2v) is 6.34. The number of carbonyl (C=O) groups is 1. The molecule has 3 unspecified atom stereocenters. The monoisotopic (exact) mass is 330 g/mol. The Bertz CT molecular complexity index is 640. The fourth-order valence-electron chi connectivity index (χ4n) is 2.61. The third-order valence-electron chi connectivity index (χ3n) is 4.01. The number of rotatable bonds is 7. The van der Waals surface area contributed by atoms with Crippen LogP contribution in [0.1, 0.15) is 49.2 Å². The van der Waals surface area contributed by atoms with E-state index in [1.54, 1.807) is 12.1 Å². The van der Waals surface area contributed by atoms with Gasteiger partial charge >= 0.3 is 6.03 Å². The summed E-state index contributed by atoms with van der Waals surface area (Å²) in [6.07, 6.45) is 1.20. The van der Waals surface area contributed by atoms with Crippen molar-refractivity contribution in [1.82, 2.24) is 10.6 Å². The zero-order chi connectivity index (χ0) is 17.5. The maximum Gasteiger partial charge on any atom is 0.315 e. The number of furan rings is 1. The molecule has 24 heavy (non-hydrogen) atoms. The van der Waals surface area contributed by atoms with E-state index < -0.39 is 6.10 Å². The number of hydrogen-bond acceptors (Lipinski definition) is 3. The van der Waals surface area contributed by atoms with Gasteiger partial charge in [0.15, 0.2) is 0 Å². The molecule has 0 fully saturated rings. The number of amides is 2. The molecule has 0 saturated carbocycles. The number of aliphatic hydroxyl groups excluding tert-OH is 1. The fourth-order valence-corrected chi connectivity index (χ4v) is 2.61. The summed E-state index contributed by atoms with van der Waals surface area (Å²) in [5.41, 5.74) is 2.42. The Hall–Kier alpha value is -2.27. The highest BCUT2D eigenvalue weighted by molar-refractivity contribution is 5.74. The van der Waals surface area contributed by atoms with Gasteiger partial charge in [0.2, 0.25) is 0 Å². The first-order chi connectivity index (χ1) is 11.5. The van der Waals surface area contributed by atoms with Crippen LogP contribution in [0.2, 0.25) is 0 Å². The van der Waals surface area contributed by atoms with Gasteiger partial charge in [0, 0.05) is 19.0 Å². The Kier molecular flexibility index (Phi) is 6.44. The number of aryl methyl sites for hydroxylation is 1. The van der Waals surface area contributed by atoms with Crippen molar-refractivity contribution in [2.45, 2.75) is 45.3 Å². The van der Waals surface area contributed by atoms with E-state index >= 15 is 0 Å². The number of benzene rings is 1. The Labute approximate surface area is 143 Å². The number of urea groups is 1. The van der Waals surface area contributed by atoms with Crippen LogP contribution in [0.5, 0.6) is 0 Å². The van der Waals surface area contributed by atoms with Gasteiger partial charge < -0.3 is 20.2 Å². The van der Waals surface area contributed by atoms with Gasteiger partial charge in [-0.1, -0.05) is 36.8 Å². The third kappa shape index (κ3) is 5.42. The zero-order valence-electron chi connectivity index (χ0n) is 14.5. The lowest BCUT2D eigenvalue weighted by atomic mass is 9.99. The predicted octanol–water partition coefficient (Wildman–Crippen LogP) is 3.50. The molecule has 5 heteroatoms. The first kappa shape index (κ1) is 18.1. The van der Waals surface area contributed by atoms with Gasteiger partial charge in [-0.15, -0.1) is 0 Å². The standard InChI is InChI=1S/C19H26N2O3/c1-13-6-4-7-16(10-13)14(2)12-20-19(23)21-15(3)11-17(22)18-8-5-9-24-18/h4-10,14-15,17,22H,11-12H2,1-3H3,(H2,20,21,23).